The molecule has 6 aromatic carbocycles. The molecule has 70 heavy (non-hydrogen) atoms. The summed E-state index contributed by atoms with van der Waals surface area (Å²) < 4.78 is 6.50. The zero-order valence-electron chi connectivity index (χ0n) is 37.6. The molecule has 0 fully saturated rings. The van der Waals surface area contributed by atoms with Crippen molar-refractivity contribution in [3.05, 3.63) is 249 Å². The van der Waals surface area contributed by atoms with Crippen LogP contribution in [0.4, 0.5) is 11.6 Å². The van der Waals surface area contributed by atoms with Crippen LogP contribution in [0.1, 0.15) is 0 Å². The van der Waals surface area contributed by atoms with Crippen LogP contribution in [-0.2, 0) is 16.5 Å². The second-order valence-electron chi connectivity index (χ2n) is 15.5. The van der Waals surface area contributed by atoms with Crippen LogP contribution in [0.2, 0.25) is 0 Å². The number of nitrogens with zero attached hydrogens (tertiary/aromatic N) is 8. The average molecular weight is 1060 g/mol. The summed E-state index contributed by atoms with van der Waals surface area (Å²) in [6.45, 7) is 0. The minimum atomic E-state index is -1.96. The topological polar surface area (TPSA) is 91.3 Å². The van der Waals surface area contributed by atoms with E-state index in [2.05, 4.69) is 193 Å². The van der Waals surface area contributed by atoms with Gasteiger partial charge >= 0.3 is 23.6 Å². The smallest absolute Gasteiger partial charge is 1.00 e. The molecule has 0 amide bonds. The zero-order valence-corrected chi connectivity index (χ0v) is 41.7. The minimum absolute atomic E-state index is 0. The van der Waals surface area contributed by atoms with E-state index >= 15 is 0 Å². The van der Waals surface area contributed by atoms with Gasteiger partial charge in [-0.05, 0) is 59.2 Å². The van der Waals surface area contributed by atoms with E-state index in [1.54, 1.807) is 12.4 Å². The number of rotatable bonds is 11. The van der Waals surface area contributed by atoms with Crippen molar-refractivity contribution >= 4 is 42.0 Å². The van der Waals surface area contributed by atoms with E-state index < -0.39 is 7.12 Å². The Morgan fingerprint density at radius 1 is 0.357 bits per heavy atom. The van der Waals surface area contributed by atoms with Crippen LogP contribution in [0, 0.1) is 0 Å². The van der Waals surface area contributed by atoms with E-state index in [1.807, 2.05) is 72.8 Å². The molecule has 9 nitrogen and oxygen atoms in total. The van der Waals surface area contributed by atoms with Gasteiger partial charge < -0.3 is 36.1 Å². The van der Waals surface area contributed by atoms with Crippen molar-refractivity contribution in [3.8, 4) is 67.5 Å². The zero-order chi connectivity index (χ0) is 46.3. The first-order valence-electron chi connectivity index (χ1n) is 22.2. The molecule has 5 aromatic heterocycles. The molecule has 0 atom stereocenters. The predicted octanol–water partition coefficient (Wildman–Crippen LogP) is 10.6. The maximum Gasteiger partial charge on any atom is 2.00 e. The number of halogens is 3. The molecule has 0 spiro atoms. The van der Waals surface area contributed by atoms with Crippen LogP contribution in [0.5, 0.6) is 0 Å². The summed E-state index contributed by atoms with van der Waals surface area (Å²) >= 11 is 9.53. The number of benzene rings is 6. The Morgan fingerprint density at radius 3 is 0.843 bits per heavy atom. The second-order valence-corrected chi connectivity index (χ2v) is 16.3. The van der Waals surface area contributed by atoms with Gasteiger partial charge in [0.05, 0.1) is 22.4 Å². The van der Waals surface area contributed by atoms with E-state index in [0.717, 1.165) is 79.2 Å². The van der Waals surface area contributed by atoms with E-state index in [-0.39, 0.29) is 38.8 Å². The van der Waals surface area contributed by atoms with Crippen LogP contribution in [-0.4, -0.2) is 51.5 Å². The molecule has 1 N–H and O–H groups in total. The SMILES string of the molecule is ClCCl.[Br-].[Ni+2].c1ccc(-c2cc(-c3ccccc3)n([BH-](n3nc(-c4ccccc4)cc3-c3ccccc3)n3nc(-c4ccccc4)cc3-c3ccccc3)n2)cc1.c1ccc(Nc2ccccn2)nc1. The van der Waals surface area contributed by atoms with E-state index in [9.17, 15) is 0 Å². The number of hydrogen-bond donors (Lipinski definition) is 1. The van der Waals surface area contributed by atoms with Crippen molar-refractivity contribution in [1.29, 1.82) is 0 Å². The Balaban J connectivity index is 0.000000343. The summed E-state index contributed by atoms with van der Waals surface area (Å²) in [5.74, 6) is 1.61. The predicted molar refractivity (Wildman–Crippen MR) is 281 cm³/mol. The summed E-state index contributed by atoms with van der Waals surface area (Å²) in [5.41, 5.74) is 11.9. The Bertz CT molecular complexity index is 2920. The van der Waals surface area contributed by atoms with Gasteiger partial charge in [-0.25, -0.2) is 25.3 Å². The molecular weight excluding hydrogens is 1020 g/mol. The third-order valence-corrected chi connectivity index (χ3v) is 11.1. The number of alkyl halides is 2. The maximum atomic E-state index is 5.48. The molecule has 0 aliphatic heterocycles. The first-order valence-corrected chi connectivity index (χ1v) is 23.2. The quantitative estimate of drug-likeness (QED) is 0.103. The van der Waals surface area contributed by atoms with Crippen molar-refractivity contribution in [3.63, 3.8) is 0 Å². The van der Waals surface area contributed by atoms with E-state index in [4.69, 9.17) is 38.5 Å². The third kappa shape index (κ3) is 12.3. The van der Waals surface area contributed by atoms with Gasteiger partial charge in [0.1, 0.15) is 11.6 Å². The number of aromatic nitrogens is 8. The molecule has 0 unspecified atom stereocenters. The molecule has 0 aliphatic rings. The monoisotopic (exact) mass is 1060 g/mol. The first kappa shape index (κ1) is 50.5. The molecule has 0 bridgehead atoms. The van der Waals surface area contributed by atoms with Crippen molar-refractivity contribution in [2.24, 2.45) is 0 Å². The van der Waals surface area contributed by atoms with Gasteiger partial charge in [-0.15, -0.1) is 23.2 Å². The largest absolute Gasteiger partial charge is 2.00 e. The molecule has 11 aromatic rings. The van der Waals surface area contributed by atoms with Gasteiger partial charge in [0, 0.05) is 46.2 Å². The molecule has 348 valence electrons. The summed E-state index contributed by atoms with van der Waals surface area (Å²) in [6, 6.07) is 80.6. The Morgan fingerprint density at radius 2 is 0.600 bits per heavy atom. The summed E-state index contributed by atoms with van der Waals surface area (Å²) in [5, 5.41) is 19.7. The molecule has 0 saturated carbocycles. The summed E-state index contributed by atoms with van der Waals surface area (Å²) in [6.07, 6.45) is 3.48. The molecule has 5 heterocycles. The Labute approximate surface area is 438 Å². The van der Waals surface area contributed by atoms with Crippen LogP contribution in [0.15, 0.2) is 249 Å². The van der Waals surface area contributed by atoms with Crippen molar-refractivity contribution in [2.45, 2.75) is 0 Å². The molecule has 0 aliphatic carbocycles. The van der Waals surface area contributed by atoms with E-state index in [0.29, 0.717) is 0 Å². The van der Waals surface area contributed by atoms with Crippen molar-refractivity contribution in [1.82, 2.24) is 39.0 Å². The molecule has 0 radical (unpaired) electrons. The number of nitrogens with one attached hydrogen (secondary N) is 1. The summed E-state index contributed by atoms with van der Waals surface area (Å²) in [7, 11) is -1.96. The minimum Gasteiger partial charge on any atom is -1.00 e. The van der Waals surface area contributed by atoms with Gasteiger partial charge in [-0.3, -0.25) is 0 Å². The van der Waals surface area contributed by atoms with Crippen LogP contribution >= 0.6 is 23.2 Å². The fourth-order valence-electron chi connectivity index (χ4n) is 8.06. The molecule has 11 rings (SSSR count). The number of hydrogen-bond acceptors (Lipinski definition) is 6. The normalized spacial score (nSPS) is 10.4. The second kappa shape index (κ2) is 25.3. The van der Waals surface area contributed by atoms with Gasteiger partial charge in [0.25, 0.3) is 0 Å². The standard InChI is InChI=1S/C45H34BN6.C10H9N3.CH2Cl2.BrH.Ni/c1-7-19-34(20-8-1)40-31-43(37-25-13-4-14-26-37)50(47-40)46(51-44(38-27-15-5-16-28-38)32-41(48-51)35-21-9-2-10-22-35)52-45(39-29-17-6-18-30-39)33-42(49-52)36-23-11-3-12-24-36;1-3-7-11-9(5-1)13-10-6-2-4-8-12-10;2-1-3;;/h1-33,46H;1-8H,(H,11,12,13);1H2;1H;/q-1;;;;+2/p-1. The fourth-order valence-corrected chi connectivity index (χ4v) is 8.06. The van der Waals surface area contributed by atoms with Crippen LogP contribution in [0.25, 0.3) is 67.5 Å². The fraction of sp³-hybridized carbons (Fsp3) is 0.0179. The third-order valence-electron chi connectivity index (χ3n) is 11.1. The molecule has 14 heteroatoms. The van der Waals surface area contributed by atoms with Crippen LogP contribution in [0.3, 0.4) is 0 Å². The van der Waals surface area contributed by atoms with Gasteiger partial charge in [-0.2, -0.15) is 0 Å². The first-order chi connectivity index (χ1) is 33.7. The molecule has 0 saturated heterocycles. The maximum absolute atomic E-state index is 5.48. The average Bonchev–Trinajstić information content (AvgIpc) is 4.18. The number of anilines is 2. The Hall–Kier alpha value is -7.33. The summed E-state index contributed by atoms with van der Waals surface area (Å²) in [4.78, 5) is 8.25. The van der Waals surface area contributed by atoms with Gasteiger partial charge in [0.15, 0.2) is 0 Å². The van der Waals surface area contributed by atoms with Gasteiger partial charge in [0.2, 0.25) is 0 Å². The van der Waals surface area contributed by atoms with Gasteiger partial charge in [-0.1, -0.05) is 194 Å². The number of pyridine rings is 2. The molecular formula is C56H45BBrCl2N9Ni. The van der Waals surface area contributed by atoms with Crippen molar-refractivity contribution in [2.75, 3.05) is 10.7 Å². The van der Waals surface area contributed by atoms with E-state index in [1.165, 1.54) is 0 Å². The van der Waals surface area contributed by atoms with Crippen molar-refractivity contribution < 1.29 is 33.5 Å². The Kier molecular flexibility index (Phi) is 18.3. The van der Waals surface area contributed by atoms with Crippen LogP contribution < -0.4 is 22.3 Å².